The molecule has 0 saturated heterocycles. The van der Waals surface area contributed by atoms with E-state index in [0.29, 0.717) is 5.57 Å². The highest BCUT2D eigenvalue weighted by Gasteiger charge is 2.10. The van der Waals surface area contributed by atoms with Gasteiger partial charge in [-0.15, -0.1) is 0 Å². The lowest BCUT2D eigenvalue weighted by Crippen LogP contribution is -2.11. The van der Waals surface area contributed by atoms with Crippen LogP contribution in [0, 0.1) is 5.92 Å². The van der Waals surface area contributed by atoms with Crippen LogP contribution >= 0.6 is 0 Å². The summed E-state index contributed by atoms with van der Waals surface area (Å²) in [5.41, 5.74) is 0.506. The minimum absolute atomic E-state index is 0.146. The Balaban J connectivity index is 3.83. The summed E-state index contributed by atoms with van der Waals surface area (Å²) in [7, 11) is 0. The molecule has 11 heavy (non-hydrogen) atoms. The first-order valence-electron chi connectivity index (χ1n) is 3.56. The number of carbonyl (C=O) groups excluding carboxylic acids is 1. The van der Waals surface area contributed by atoms with Crippen LogP contribution in [0.1, 0.15) is 13.8 Å². The zero-order valence-electron chi connectivity index (χ0n) is 7.09. The normalized spacial score (nSPS) is 9.36. The maximum absolute atomic E-state index is 11.0. The number of hydrogen-bond donors (Lipinski definition) is 0. The van der Waals surface area contributed by atoms with Gasteiger partial charge in [0.05, 0.1) is 0 Å². The first-order valence-corrected chi connectivity index (χ1v) is 3.56. The van der Waals surface area contributed by atoms with Crippen molar-refractivity contribution in [3.63, 3.8) is 0 Å². The van der Waals surface area contributed by atoms with Crippen molar-refractivity contribution in [1.82, 2.24) is 0 Å². The van der Waals surface area contributed by atoms with Crippen molar-refractivity contribution in [2.45, 2.75) is 13.8 Å². The van der Waals surface area contributed by atoms with Crippen molar-refractivity contribution < 1.29 is 9.53 Å². The van der Waals surface area contributed by atoms with Gasteiger partial charge in [0, 0.05) is 5.57 Å². The third kappa shape index (κ3) is 3.61. The van der Waals surface area contributed by atoms with E-state index in [0.717, 1.165) is 0 Å². The van der Waals surface area contributed by atoms with Gasteiger partial charge in [0.2, 0.25) is 0 Å². The molecule has 0 aliphatic heterocycles. The van der Waals surface area contributed by atoms with Gasteiger partial charge in [-0.3, -0.25) is 0 Å². The summed E-state index contributed by atoms with van der Waals surface area (Å²) in [4.78, 5) is 11.0. The molecule has 0 atom stereocenters. The van der Waals surface area contributed by atoms with Gasteiger partial charge in [-0.1, -0.05) is 33.1 Å². The molecular formula is C9H14O2. The number of carbonyl (C=O) groups is 1. The van der Waals surface area contributed by atoms with Crippen molar-refractivity contribution in [2.75, 3.05) is 6.61 Å². The van der Waals surface area contributed by atoms with Crippen molar-refractivity contribution >= 4 is 5.97 Å². The second-order valence-electron chi connectivity index (χ2n) is 2.57. The zero-order valence-corrected chi connectivity index (χ0v) is 7.09. The molecule has 0 aliphatic rings. The van der Waals surface area contributed by atoms with Gasteiger partial charge in [0.15, 0.2) is 0 Å². The number of rotatable bonds is 4. The topological polar surface area (TPSA) is 26.3 Å². The van der Waals surface area contributed by atoms with E-state index in [-0.39, 0.29) is 18.5 Å². The van der Waals surface area contributed by atoms with Crippen LogP contribution < -0.4 is 0 Å². The van der Waals surface area contributed by atoms with Crippen molar-refractivity contribution in [3.8, 4) is 0 Å². The third-order valence-electron chi connectivity index (χ3n) is 1.29. The molecule has 0 unspecified atom stereocenters. The van der Waals surface area contributed by atoms with Crippen LogP contribution in [0.4, 0.5) is 0 Å². The molecule has 2 heteroatoms. The van der Waals surface area contributed by atoms with E-state index < -0.39 is 0 Å². The highest BCUT2D eigenvalue weighted by Crippen LogP contribution is 2.07. The molecule has 0 aromatic rings. The van der Waals surface area contributed by atoms with Gasteiger partial charge in [0.1, 0.15) is 6.61 Å². The number of ether oxygens (including phenoxy) is 1. The Kier molecular flexibility index (Phi) is 4.27. The van der Waals surface area contributed by atoms with Gasteiger partial charge in [-0.25, -0.2) is 4.79 Å². The molecule has 0 fully saturated rings. The molecule has 0 rings (SSSR count). The Labute approximate surface area is 67.6 Å². The molecule has 0 radical (unpaired) electrons. The molecule has 0 aromatic heterocycles. The monoisotopic (exact) mass is 154 g/mol. The van der Waals surface area contributed by atoms with Gasteiger partial charge in [-0.05, 0) is 5.92 Å². The maximum Gasteiger partial charge on any atom is 0.333 e. The summed E-state index contributed by atoms with van der Waals surface area (Å²) in [6.07, 6.45) is 1.53. The summed E-state index contributed by atoms with van der Waals surface area (Å²) in [5, 5.41) is 0. The first-order chi connectivity index (χ1) is 5.09. The van der Waals surface area contributed by atoms with E-state index in [1.54, 1.807) is 0 Å². The predicted molar refractivity (Wildman–Crippen MR) is 45.1 cm³/mol. The molecule has 0 spiro atoms. The van der Waals surface area contributed by atoms with Crippen LogP contribution in [0.25, 0.3) is 0 Å². The van der Waals surface area contributed by atoms with E-state index in [9.17, 15) is 4.79 Å². The van der Waals surface area contributed by atoms with Crippen molar-refractivity contribution in [3.05, 3.63) is 24.8 Å². The molecular weight excluding hydrogens is 140 g/mol. The number of hydrogen-bond acceptors (Lipinski definition) is 2. The molecule has 62 valence electrons. The largest absolute Gasteiger partial charge is 0.458 e. The van der Waals surface area contributed by atoms with Crippen LogP contribution in [0.3, 0.4) is 0 Å². The average Bonchev–Trinajstić information content (AvgIpc) is 1.98. The Hall–Kier alpha value is -1.05. The summed E-state index contributed by atoms with van der Waals surface area (Å²) in [5.74, 6) is -0.188. The quantitative estimate of drug-likeness (QED) is 0.351. The Morgan fingerprint density at radius 1 is 1.64 bits per heavy atom. The SMILES string of the molecule is C=CCOC(=O)C(=C)C(C)C. The van der Waals surface area contributed by atoms with Gasteiger partial charge < -0.3 is 4.74 Å². The van der Waals surface area contributed by atoms with Gasteiger partial charge in [-0.2, -0.15) is 0 Å². The fraction of sp³-hybridized carbons (Fsp3) is 0.444. The van der Waals surface area contributed by atoms with Crippen molar-refractivity contribution in [2.24, 2.45) is 5.92 Å². The zero-order chi connectivity index (χ0) is 8.85. The first kappa shape index (κ1) is 9.95. The Morgan fingerprint density at radius 2 is 2.18 bits per heavy atom. The molecule has 0 amide bonds. The van der Waals surface area contributed by atoms with Gasteiger partial charge in [0.25, 0.3) is 0 Å². The van der Waals surface area contributed by atoms with Crippen LogP contribution in [-0.4, -0.2) is 12.6 Å². The fourth-order valence-corrected chi connectivity index (χ4v) is 0.463. The highest BCUT2D eigenvalue weighted by atomic mass is 16.5. The summed E-state index contributed by atoms with van der Waals surface area (Å²) < 4.78 is 4.76. The van der Waals surface area contributed by atoms with Crippen LogP contribution in [-0.2, 0) is 9.53 Å². The highest BCUT2D eigenvalue weighted by molar-refractivity contribution is 5.88. The summed E-state index contributed by atoms with van der Waals surface area (Å²) in [6, 6.07) is 0. The van der Waals surface area contributed by atoms with E-state index in [1.165, 1.54) is 6.08 Å². The molecule has 0 aromatic carbocycles. The second-order valence-corrected chi connectivity index (χ2v) is 2.57. The molecule has 0 bridgehead atoms. The summed E-state index contributed by atoms with van der Waals surface area (Å²) in [6.45, 7) is 11.1. The predicted octanol–water partition coefficient (Wildman–Crippen LogP) is 1.93. The minimum Gasteiger partial charge on any atom is -0.458 e. The van der Waals surface area contributed by atoms with Gasteiger partial charge >= 0.3 is 5.97 Å². The molecule has 0 saturated carbocycles. The lowest BCUT2D eigenvalue weighted by atomic mass is 10.1. The average molecular weight is 154 g/mol. The van der Waals surface area contributed by atoms with Crippen LogP contribution in [0.5, 0.6) is 0 Å². The van der Waals surface area contributed by atoms with Crippen LogP contribution in [0.15, 0.2) is 24.8 Å². The number of esters is 1. The smallest absolute Gasteiger partial charge is 0.333 e. The van der Waals surface area contributed by atoms with E-state index in [4.69, 9.17) is 4.74 Å². The fourth-order valence-electron chi connectivity index (χ4n) is 0.463. The van der Waals surface area contributed by atoms with E-state index in [2.05, 4.69) is 13.2 Å². The third-order valence-corrected chi connectivity index (χ3v) is 1.29. The lowest BCUT2D eigenvalue weighted by molar-refractivity contribution is -0.138. The Bertz CT molecular complexity index is 168. The van der Waals surface area contributed by atoms with Crippen LogP contribution in [0.2, 0.25) is 0 Å². The Morgan fingerprint density at radius 3 is 2.55 bits per heavy atom. The van der Waals surface area contributed by atoms with Crippen molar-refractivity contribution in [1.29, 1.82) is 0 Å². The molecule has 0 aliphatic carbocycles. The maximum atomic E-state index is 11.0. The van der Waals surface area contributed by atoms with E-state index in [1.807, 2.05) is 13.8 Å². The minimum atomic E-state index is -0.333. The molecule has 0 N–H and O–H groups in total. The second kappa shape index (κ2) is 4.72. The lowest BCUT2D eigenvalue weighted by Gasteiger charge is -2.07. The molecule has 2 nitrogen and oxygen atoms in total. The standard InChI is InChI=1S/C9H14O2/c1-5-6-11-9(10)8(4)7(2)3/h5,7H,1,4,6H2,2-3H3. The molecule has 0 heterocycles. The van der Waals surface area contributed by atoms with E-state index >= 15 is 0 Å². The summed E-state index contributed by atoms with van der Waals surface area (Å²) >= 11 is 0.